The van der Waals surface area contributed by atoms with Gasteiger partial charge < -0.3 is 29.0 Å². The SMILES string of the molecule is CCC(=O)OCC1OC(OC(=O)CC)C(NC(C)=O)[C@@H](OC(=O)CC)[C@H]1OC(=O)CC. The summed E-state index contributed by atoms with van der Waals surface area (Å²) in [5, 5.41) is 2.54. The predicted octanol–water partition coefficient (Wildman–Crippen LogP) is 0.766. The fourth-order valence-electron chi connectivity index (χ4n) is 2.77. The Hall–Kier alpha value is -2.69. The van der Waals surface area contributed by atoms with E-state index in [1.807, 2.05) is 0 Å². The van der Waals surface area contributed by atoms with E-state index >= 15 is 0 Å². The molecule has 1 heterocycles. The summed E-state index contributed by atoms with van der Waals surface area (Å²) in [5.41, 5.74) is 0. The van der Waals surface area contributed by atoms with Crippen LogP contribution in [0, 0.1) is 0 Å². The maximum atomic E-state index is 12.1. The van der Waals surface area contributed by atoms with Gasteiger partial charge in [0.25, 0.3) is 0 Å². The third-order valence-corrected chi connectivity index (χ3v) is 4.36. The van der Waals surface area contributed by atoms with Gasteiger partial charge in [-0.05, 0) is 0 Å². The van der Waals surface area contributed by atoms with Crippen LogP contribution in [0.2, 0.25) is 0 Å². The molecule has 5 atom stereocenters. The second kappa shape index (κ2) is 12.9. The molecule has 1 saturated heterocycles. The molecule has 1 rings (SSSR count). The van der Waals surface area contributed by atoms with Gasteiger partial charge in [-0.3, -0.25) is 24.0 Å². The van der Waals surface area contributed by atoms with E-state index in [1.54, 1.807) is 27.7 Å². The van der Waals surface area contributed by atoms with Gasteiger partial charge in [0, 0.05) is 32.6 Å². The summed E-state index contributed by atoms with van der Waals surface area (Å²) in [6, 6.07) is -1.16. The third-order valence-electron chi connectivity index (χ3n) is 4.36. The van der Waals surface area contributed by atoms with Crippen molar-refractivity contribution in [2.24, 2.45) is 0 Å². The summed E-state index contributed by atoms with van der Waals surface area (Å²) in [5.74, 6) is -2.93. The summed E-state index contributed by atoms with van der Waals surface area (Å²) in [6.45, 7) is 7.18. The molecular weight excluding hydrogens is 414 g/mol. The van der Waals surface area contributed by atoms with Gasteiger partial charge in [-0.2, -0.15) is 0 Å². The number of carbonyl (C=O) groups is 5. The van der Waals surface area contributed by atoms with E-state index in [1.165, 1.54) is 6.92 Å². The molecule has 11 heteroatoms. The molecule has 0 bridgehead atoms. The second-order valence-corrected chi connectivity index (χ2v) is 6.77. The molecular formula is C20H31NO10. The number of nitrogens with one attached hydrogen (secondary N) is 1. The van der Waals surface area contributed by atoms with Gasteiger partial charge in [0.05, 0.1) is 0 Å². The maximum absolute atomic E-state index is 12.1. The van der Waals surface area contributed by atoms with Gasteiger partial charge in [0.1, 0.15) is 18.8 Å². The molecule has 0 aliphatic carbocycles. The fraction of sp³-hybridized carbons (Fsp3) is 0.750. The Balaban J connectivity index is 3.37. The Bertz CT molecular complexity index is 664. The van der Waals surface area contributed by atoms with Crippen LogP contribution in [0.15, 0.2) is 0 Å². The van der Waals surface area contributed by atoms with Crippen molar-refractivity contribution in [1.82, 2.24) is 5.32 Å². The molecule has 31 heavy (non-hydrogen) atoms. The highest BCUT2D eigenvalue weighted by molar-refractivity contribution is 5.74. The van der Waals surface area contributed by atoms with E-state index in [0.29, 0.717) is 0 Å². The van der Waals surface area contributed by atoms with E-state index in [4.69, 9.17) is 23.7 Å². The molecule has 0 aromatic rings. The summed E-state index contributed by atoms with van der Waals surface area (Å²) in [6.07, 6.45) is -4.80. The van der Waals surface area contributed by atoms with Crippen molar-refractivity contribution in [2.75, 3.05) is 6.61 Å². The van der Waals surface area contributed by atoms with Crippen LogP contribution in [-0.4, -0.2) is 67.0 Å². The highest BCUT2D eigenvalue weighted by atomic mass is 16.7. The minimum Gasteiger partial charge on any atom is -0.463 e. The minimum absolute atomic E-state index is 0.00743. The molecule has 1 aliphatic rings. The number of carbonyl (C=O) groups excluding carboxylic acids is 5. The van der Waals surface area contributed by atoms with Gasteiger partial charge in [-0.15, -0.1) is 0 Å². The van der Waals surface area contributed by atoms with Crippen molar-refractivity contribution in [3.63, 3.8) is 0 Å². The van der Waals surface area contributed by atoms with Crippen LogP contribution in [0.3, 0.4) is 0 Å². The van der Waals surface area contributed by atoms with Crippen molar-refractivity contribution in [3.8, 4) is 0 Å². The molecule has 0 aromatic carbocycles. The first kappa shape index (κ1) is 26.3. The van der Waals surface area contributed by atoms with E-state index < -0.39 is 60.4 Å². The Morgan fingerprint density at radius 2 is 1.23 bits per heavy atom. The zero-order chi connectivity index (χ0) is 23.6. The summed E-state index contributed by atoms with van der Waals surface area (Å²) in [4.78, 5) is 59.5. The third kappa shape index (κ3) is 8.16. The van der Waals surface area contributed by atoms with Crippen LogP contribution in [0.4, 0.5) is 0 Å². The van der Waals surface area contributed by atoms with Crippen LogP contribution >= 0.6 is 0 Å². The lowest BCUT2D eigenvalue weighted by molar-refractivity contribution is -0.272. The van der Waals surface area contributed by atoms with Crippen LogP contribution in [0.25, 0.3) is 0 Å². The number of hydrogen-bond donors (Lipinski definition) is 1. The first-order valence-electron chi connectivity index (χ1n) is 10.3. The number of amides is 1. The number of hydrogen-bond acceptors (Lipinski definition) is 10. The van der Waals surface area contributed by atoms with Crippen LogP contribution in [-0.2, 0) is 47.7 Å². The monoisotopic (exact) mass is 445 g/mol. The smallest absolute Gasteiger partial charge is 0.307 e. The first-order chi connectivity index (χ1) is 14.7. The molecule has 1 N–H and O–H groups in total. The molecule has 0 saturated carbocycles. The van der Waals surface area contributed by atoms with E-state index in [-0.39, 0.29) is 32.3 Å². The number of rotatable bonds is 10. The summed E-state index contributed by atoms with van der Waals surface area (Å²) < 4.78 is 27.1. The minimum atomic E-state index is -1.37. The highest BCUT2D eigenvalue weighted by Gasteiger charge is 2.52. The molecule has 1 amide bonds. The molecule has 0 spiro atoms. The van der Waals surface area contributed by atoms with E-state index in [9.17, 15) is 24.0 Å². The van der Waals surface area contributed by atoms with Crippen LogP contribution in [0.1, 0.15) is 60.3 Å². The quantitative estimate of drug-likeness (QED) is 0.378. The Morgan fingerprint density at radius 3 is 1.71 bits per heavy atom. The van der Waals surface area contributed by atoms with Gasteiger partial charge in [0.15, 0.2) is 12.2 Å². The number of esters is 4. The zero-order valence-electron chi connectivity index (χ0n) is 18.5. The summed E-state index contributed by atoms with van der Waals surface area (Å²) >= 11 is 0. The van der Waals surface area contributed by atoms with Gasteiger partial charge in [-0.1, -0.05) is 27.7 Å². The fourth-order valence-corrected chi connectivity index (χ4v) is 2.77. The van der Waals surface area contributed by atoms with Gasteiger partial charge in [0.2, 0.25) is 12.2 Å². The molecule has 1 aliphatic heterocycles. The molecule has 3 unspecified atom stereocenters. The van der Waals surface area contributed by atoms with Gasteiger partial charge in [-0.25, -0.2) is 0 Å². The molecule has 0 radical (unpaired) electrons. The van der Waals surface area contributed by atoms with Crippen molar-refractivity contribution in [3.05, 3.63) is 0 Å². The largest absolute Gasteiger partial charge is 0.463 e. The van der Waals surface area contributed by atoms with Crippen LogP contribution < -0.4 is 5.32 Å². The van der Waals surface area contributed by atoms with Crippen molar-refractivity contribution in [1.29, 1.82) is 0 Å². The average Bonchev–Trinajstić information content (AvgIpc) is 2.75. The van der Waals surface area contributed by atoms with Crippen molar-refractivity contribution in [2.45, 2.75) is 90.9 Å². The normalized spacial score (nSPS) is 25.1. The predicted molar refractivity (Wildman–Crippen MR) is 104 cm³/mol. The first-order valence-corrected chi connectivity index (χ1v) is 10.3. The maximum Gasteiger partial charge on any atom is 0.307 e. The van der Waals surface area contributed by atoms with Gasteiger partial charge >= 0.3 is 23.9 Å². The lowest BCUT2D eigenvalue weighted by atomic mass is 9.96. The lowest BCUT2D eigenvalue weighted by Crippen LogP contribution is -2.67. The topological polar surface area (TPSA) is 144 Å². The Kier molecular flexibility index (Phi) is 10.9. The standard InChI is InChI=1S/C20H31NO10/c1-6-13(23)27-10-12-18(29-14(24)7-2)19(30-15(25)8-3)17(21-11(5)22)20(28-12)31-16(26)9-4/h12,17-20H,6-10H2,1-5H3,(H,21,22)/t12?,17?,18-,19+,20?/m0/s1. The Morgan fingerprint density at radius 1 is 0.742 bits per heavy atom. The van der Waals surface area contributed by atoms with E-state index in [2.05, 4.69) is 5.32 Å². The zero-order valence-corrected chi connectivity index (χ0v) is 18.5. The molecule has 176 valence electrons. The average molecular weight is 445 g/mol. The molecule has 11 nitrogen and oxygen atoms in total. The molecule has 0 aromatic heterocycles. The molecule has 1 fully saturated rings. The number of ether oxygens (including phenoxy) is 5. The summed E-state index contributed by atoms with van der Waals surface area (Å²) in [7, 11) is 0. The highest BCUT2D eigenvalue weighted by Crippen LogP contribution is 2.28. The van der Waals surface area contributed by atoms with Crippen molar-refractivity contribution >= 4 is 29.8 Å². The van der Waals surface area contributed by atoms with Crippen LogP contribution in [0.5, 0.6) is 0 Å². The van der Waals surface area contributed by atoms with E-state index in [0.717, 1.165) is 0 Å². The Labute approximate surface area is 181 Å². The van der Waals surface area contributed by atoms with Crippen molar-refractivity contribution < 1.29 is 47.7 Å². The second-order valence-electron chi connectivity index (χ2n) is 6.77. The lowest BCUT2D eigenvalue weighted by Gasteiger charge is -2.44.